The molecule has 0 aliphatic heterocycles. The Balaban J connectivity index is 0.00000162. The van der Waals surface area contributed by atoms with E-state index in [-0.39, 0.29) is 29.5 Å². The van der Waals surface area contributed by atoms with Crippen molar-refractivity contribution in [1.29, 1.82) is 5.41 Å². The van der Waals surface area contributed by atoms with Crippen molar-refractivity contribution in [2.24, 2.45) is 5.73 Å². The Morgan fingerprint density at radius 2 is 1.89 bits per heavy atom. The molecule has 2 aromatic rings. The predicted molar refractivity (Wildman–Crippen MR) is 73.3 cm³/mol. The van der Waals surface area contributed by atoms with Gasteiger partial charge in [-0.15, -0.1) is 12.4 Å². The van der Waals surface area contributed by atoms with Crippen LogP contribution in [-0.4, -0.2) is 10.8 Å². The number of oxazole rings is 1. The molecule has 1 heterocycles. The first-order valence-electron chi connectivity index (χ1n) is 5.38. The largest absolute Gasteiger partial charge is 0.438 e. The average molecular weight is 266 g/mol. The fourth-order valence-corrected chi connectivity index (χ4v) is 1.68. The molecule has 2 rings (SSSR count). The van der Waals surface area contributed by atoms with Crippen molar-refractivity contribution in [2.45, 2.75) is 19.3 Å². The molecule has 0 saturated carbocycles. The maximum Gasteiger partial charge on any atom is 0.261 e. The van der Waals surface area contributed by atoms with Crippen molar-refractivity contribution < 1.29 is 4.42 Å². The van der Waals surface area contributed by atoms with Gasteiger partial charge in [0.15, 0.2) is 5.84 Å². The van der Waals surface area contributed by atoms with Gasteiger partial charge in [-0.25, -0.2) is 4.98 Å². The molecule has 18 heavy (non-hydrogen) atoms. The van der Waals surface area contributed by atoms with Crippen LogP contribution in [0.15, 0.2) is 40.9 Å². The molecule has 1 aromatic carbocycles. The summed E-state index contributed by atoms with van der Waals surface area (Å²) in [5.41, 5.74) is 6.18. The highest BCUT2D eigenvalue weighted by molar-refractivity contribution is 5.90. The van der Waals surface area contributed by atoms with Gasteiger partial charge in [-0.3, -0.25) is 5.41 Å². The average Bonchev–Trinajstić information content (AvgIpc) is 2.80. The smallest absolute Gasteiger partial charge is 0.261 e. The van der Waals surface area contributed by atoms with Crippen LogP contribution in [0.25, 0.3) is 0 Å². The van der Waals surface area contributed by atoms with Crippen molar-refractivity contribution in [3.63, 3.8) is 0 Å². The number of halogens is 1. The topological polar surface area (TPSA) is 75.9 Å². The quantitative estimate of drug-likeness (QED) is 0.662. The van der Waals surface area contributed by atoms with E-state index in [0.717, 1.165) is 5.56 Å². The molecule has 0 aliphatic carbocycles. The highest BCUT2D eigenvalue weighted by Gasteiger charge is 2.27. The molecule has 5 heteroatoms. The van der Waals surface area contributed by atoms with Gasteiger partial charge in [-0.1, -0.05) is 30.3 Å². The summed E-state index contributed by atoms with van der Waals surface area (Å²) in [4.78, 5) is 3.99. The minimum absolute atomic E-state index is 0. The Morgan fingerprint density at radius 1 is 1.28 bits per heavy atom. The number of rotatable bonds is 3. The third-order valence-electron chi connectivity index (χ3n) is 2.85. The molecule has 0 radical (unpaired) electrons. The summed E-state index contributed by atoms with van der Waals surface area (Å²) < 4.78 is 5.50. The van der Waals surface area contributed by atoms with Crippen LogP contribution in [0.5, 0.6) is 0 Å². The summed E-state index contributed by atoms with van der Waals surface area (Å²) in [5.74, 6) is 0.720. The van der Waals surface area contributed by atoms with Crippen molar-refractivity contribution in [3.8, 4) is 0 Å². The minimum atomic E-state index is -0.290. The monoisotopic (exact) mass is 265 g/mol. The summed E-state index contributed by atoms with van der Waals surface area (Å²) >= 11 is 0. The molecular formula is C13H16ClN3O. The van der Waals surface area contributed by atoms with Gasteiger partial charge in [0.25, 0.3) is 5.89 Å². The van der Waals surface area contributed by atoms with E-state index >= 15 is 0 Å². The first kappa shape index (κ1) is 14.3. The lowest BCUT2D eigenvalue weighted by atomic mass is 9.83. The van der Waals surface area contributed by atoms with Crippen LogP contribution in [0.4, 0.5) is 0 Å². The van der Waals surface area contributed by atoms with Crippen molar-refractivity contribution in [2.75, 3.05) is 0 Å². The number of nitrogens with two attached hydrogens (primary N) is 1. The number of aromatic nitrogens is 1. The van der Waals surface area contributed by atoms with Crippen LogP contribution < -0.4 is 5.73 Å². The second kappa shape index (κ2) is 5.23. The van der Waals surface area contributed by atoms with Gasteiger partial charge in [-0.05, 0) is 19.4 Å². The van der Waals surface area contributed by atoms with Crippen molar-refractivity contribution in [3.05, 3.63) is 53.7 Å². The predicted octanol–water partition coefficient (Wildman–Crippen LogP) is 2.71. The number of benzene rings is 1. The van der Waals surface area contributed by atoms with E-state index < -0.39 is 0 Å². The van der Waals surface area contributed by atoms with Crippen molar-refractivity contribution in [1.82, 2.24) is 4.98 Å². The normalized spacial score (nSPS) is 10.8. The fourth-order valence-electron chi connectivity index (χ4n) is 1.68. The Morgan fingerprint density at radius 3 is 2.39 bits per heavy atom. The first-order valence-corrected chi connectivity index (χ1v) is 5.38. The molecule has 0 amide bonds. The van der Waals surface area contributed by atoms with Gasteiger partial charge >= 0.3 is 0 Å². The number of hydrogen-bond acceptors (Lipinski definition) is 3. The SMILES string of the molecule is CC(C)(c1ccccc1)c1cnc(C(=N)N)o1.Cl. The standard InChI is InChI=1S/C13H15N3O.ClH/c1-13(2,9-6-4-3-5-7-9)10-8-16-12(17-10)11(14)15;/h3-8H,1-2H3,(H3,14,15);1H. The van der Waals surface area contributed by atoms with Crippen LogP contribution in [0, 0.1) is 5.41 Å². The summed E-state index contributed by atoms with van der Waals surface area (Å²) in [6, 6.07) is 10.0. The highest BCUT2D eigenvalue weighted by Crippen LogP contribution is 2.31. The number of hydrogen-bond donors (Lipinski definition) is 2. The zero-order valence-corrected chi connectivity index (χ0v) is 11.1. The molecule has 4 nitrogen and oxygen atoms in total. The van der Waals surface area contributed by atoms with Gasteiger partial charge < -0.3 is 10.2 Å². The molecule has 1 aromatic heterocycles. The van der Waals surface area contributed by atoms with E-state index in [9.17, 15) is 0 Å². The van der Waals surface area contributed by atoms with Crippen LogP contribution >= 0.6 is 12.4 Å². The summed E-state index contributed by atoms with van der Waals surface area (Å²) in [7, 11) is 0. The zero-order valence-electron chi connectivity index (χ0n) is 10.3. The number of amidine groups is 1. The minimum Gasteiger partial charge on any atom is -0.438 e. The second-order valence-electron chi connectivity index (χ2n) is 4.43. The zero-order chi connectivity index (χ0) is 12.5. The lowest BCUT2D eigenvalue weighted by Gasteiger charge is -2.21. The highest BCUT2D eigenvalue weighted by atomic mass is 35.5. The van der Waals surface area contributed by atoms with Gasteiger partial charge in [0.05, 0.1) is 6.20 Å². The third kappa shape index (κ3) is 2.54. The summed E-state index contributed by atoms with van der Waals surface area (Å²) in [5, 5.41) is 7.28. The van der Waals surface area contributed by atoms with E-state index in [1.165, 1.54) is 0 Å². The molecule has 0 aliphatic rings. The molecule has 0 atom stereocenters. The van der Waals surface area contributed by atoms with E-state index in [1.54, 1.807) is 6.20 Å². The van der Waals surface area contributed by atoms with Crippen LogP contribution in [0.1, 0.15) is 31.1 Å². The number of nitrogens with one attached hydrogen (secondary N) is 1. The third-order valence-corrected chi connectivity index (χ3v) is 2.85. The van der Waals surface area contributed by atoms with Gasteiger partial charge in [0.1, 0.15) is 5.76 Å². The first-order chi connectivity index (χ1) is 8.01. The van der Waals surface area contributed by atoms with Gasteiger partial charge in [0.2, 0.25) is 0 Å². The Labute approximate surface area is 112 Å². The maximum atomic E-state index is 7.28. The van der Waals surface area contributed by atoms with E-state index in [2.05, 4.69) is 4.98 Å². The lowest BCUT2D eigenvalue weighted by molar-refractivity contribution is 0.422. The van der Waals surface area contributed by atoms with E-state index in [4.69, 9.17) is 15.6 Å². The summed E-state index contributed by atoms with van der Waals surface area (Å²) in [6.45, 7) is 4.10. The van der Waals surface area contributed by atoms with Gasteiger partial charge in [0, 0.05) is 5.41 Å². The molecule has 96 valence electrons. The second-order valence-corrected chi connectivity index (χ2v) is 4.43. The molecule has 0 bridgehead atoms. The number of nitrogens with zero attached hydrogens (tertiary/aromatic N) is 1. The number of nitrogen functional groups attached to an aromatic ring is 1. The Hall–Kier alpha value is -1.81. The lowest BCUT2D eigenvalue weighted by Crippen LogP contribution is -2.18. The Bertz CT molecular complexity index is 534. The van der Waals surface area contributed by atoms with E-state index in [1.807, 2.05) is 44.2 Å². The van der Waals surface area contributed by atoms with E-state index in [0.29, 0.717) is 5.76 Å². The van der Waals surface area contributed by atoms with Gasteiger partial charge in [-0.2, -0.15) is 0 Å². The molecule has 0 fully saturated rings. The maximum absolute atomic E-state index is 7.28. The molecular weight excluding hydrogens is 250 g/mol. The molecule has 3 N–H and O–H groups in total. The molecule has 0 saturated heterocycles. The summed E-state index contributed by atoms with van der Waals surface area (Å²) in [6.07, 6.45) is 1.63. The fraction of sp³-hybridized carbons (Fsp3) is 0.231. The Kier molecular flexibility index (Phi) is 4.14. The van der Waals surface area contributed by atoms with Crippen LogP contribution in [0.3, 0.4) is 0 Å². The van der Waals surface area contributed by atoms with Crippen LogP contribution in [-0.2, 0) is 5.41 Å². The molecule has 0 unspecified atom stereocenters. The molecule has 0 spiro atoms. The van der Waals surface area contributed by atoms with Crippen LogP contribution in [0.2, 0.25) is 0 Å². The van der Waals surface area contributed by atoms with Crippen molar-refractivity contribution >= 4 is 18.2 Å².